The van der Waals surface area contributed by atoms with Crippen LogP contribution in [0.4, 0.5) is 0 Å². The molecule has 0 N–H and O–H groups in total. The Morgan fingerprint density at radius 1 is 0.425 bits per heavy atom. The number of hydrogen-bond acceptors (Lipinski definition) is 2. The molecule has 0 saturated carbocycles. The van der Waals surface area contributed by atoms with Crippen LogP contribution < -0.4 is 0 Å². The van der Waals surface area contributed by atoms with Gasteiger partial charge in [0.2, 0.25) is 0 Å². The number of halogens is 1. The van der Waals surface area contributed by atoms with E-state index in [2.05, 4.69) is 130 Å². The summed E-state index contributed by atoms with van der Waals surface area (Å²) in [6, 6.07) is 45.2. The van der Waals surface area contributed by atoms with E-state index in [9.17, 15) is 0 Å². The van der Waals surface area contributed by atoms with Crippen LogP contribution in [-0.4, -0.2) is 4.98 Å². The van der Waals surface area contributed by atoms with Gasteiger partial charge in [-0.25, -0.2) is 4.98 Å². The minimum absolute atomic E-state index is 0.829. The highest BCUT2D eigenvalue weighted by Crippen LogP contribution is 2.45. The molecule has 0 bridgehead atoms. The van der Waals surface area contributed by atoms with Crippen LogP contribution in [0.15, 0.2) is 143 Å². The number of aromatic nitrogens is 1. The van der Waals surface area contributed by atoms with Crippen molar-refractivity contribution in [3.8, 4) is 33.4 Å². The lowest BCUT2D eigenvalue weighted by Crippen LogP contribution is -1.92. The molecule has 0 aliphatic carbocycles. The summed E-state index contributed by atoms with van der Waals surface area (Å²) in [6.07, 6.45) is 1.96. The number of rotatable bonds is 3. The van der Waals surface area contributed by atoms with Crippen molar-refractivity contribution in [2.24, 2.45) is 0 Å². The Kier molecular flexibility index (Phi) is 5.32. The van der Waals surface area contributed by atoms with Gasteiger partial charge in [0, 0.05) is 22.5 Å². The number of benzene rings is 6. The molecule has 40 heavy (non-hydrogen) atoms. The molecule has 8 rings (SSSR count). The zero-order valence-electron chi connectivity index (χ0n) is 21.4. The van der Waals surface area contributed by atoms with Gasteiger partial charge in [-0.1, -0.05) is 97.1 Å². The summed E-state index contributed by atoms with van der Waals surface area (Å²) in [5, 5.41) is 7.15. The van der Waals surface area contributed by atoms with Crippen molar-refractivity contribution in [2.75, 3.05) is 0 Å². The number of furan rings is 1. The zero-order valence-corrected chi connectivity index (χ0v) is 23.0. The second-order valence-electron chi connectivity index (χ2n) is 10.1. The molecule has 2 heterocycles. The summed E-state index contributed by atoms with van der Waals surface area (Å²) in [7, 11) is 0. The average molecular weight is 576 g/mol. The van der Waals surface area contributed by atoms with Crippen LogP contribution in [0, 0.1) is 0 Å². The molecule has 0 aliphatic rings. The number of nitrogens with zero attached hydrogens (tertiary/aromatic N) is 1. The van der Waals surface area contributed by atoms with Gasteiger partial charge >= 0.3 is 0 Å². The fraction of sp³-hybridized carbons (Fsp3) is 0. The van der Waals surface area contributed by atoms with Gasteiger partial charge in [0.15, 0.2) is 0 Å². The highest BCUT2D eigenvalue weighted by Gasteiger charge is 2.18. The van der Waals surface area contributed by atoms with Gasteiger partial charge in [0.05, 0.1) is 0 Å². The molecule has 0 unspecified atom stereocenters. The number of pyridine rings is 1. The summed E-state index contributed by atoms with van der Waals surface area (Å²) >= 11 is 3.51. The largest absolute Gasteiger partial charge is 0.456 e. The van der Waals surface area contributed by atoms with E-state index in [4.69, 9.17) is 4.42 Å². The van der Waals surface area contributed by atoms with Crippen LogP contribution in [0.5, 0.6) is 0 Å². The van der Waals surface area contributed by atoms with Crippen LogP contribution in [0.3, 0.4) is 0 Å². The first-order chi connectivity index (χ1) is 19.7. The fourth-order valence-corrected chi connectivity index (χ4v) is 6.25. The van der Waals surface area contributed by atoms with Crippen molar-refractivity contribution in [1.82, 2.24) is 4.98 Å². The Morgan fingerprint density at radius 3 is 1.75 bits per heavy atom. The Labute approximate surface area is 239 Å². The second-order valence-corrected chi connectivity index (χ2v) is 10.9. The molecule has 0 radical (unpaired) electrons. The molecule has 0 atom stereocenters. The third kappa shape index (κ3) is 3.66. The van der Waals surface area contributed by atoms with Crippen LogP contribution in [0.1, 0.15) is 0 Å². The fourth-order valence-electron chi connectivity index (χ4n) is 6.01. The average Bonchev–Trinajstić information content (AvgIpc) is 3.38. The normalized spacial score (nSPS) is 11.6. The van der Waals surface area contributed by atoms with E-state index in [-0.39, 0.29) is 0 Å². The van der Waals surface area contributed by atoms with Gasteiger partial charge in [-0.3, -0.25) is 0 Å². The molecular weight excluding hydrogens is 554 g/mol. The smallest absolute Gasteiger partial charge is 0.135 e. The predicted octanol–water partition coefficient (Wildman–Crippen LogP) is 11.1. The highest BCUT2D eigenvalue weighted by atomic mass is 79.9. The number of hydrogen-bond donors (Lipinski definition) is 0. The van der Waals surface area contributed by atoms with Gasteiger partial charge in [-0.2, -0.15) is 0 Å². The van der Waals surface area contributed by atoms with Gasteiger partial charge in [-0.15, -0.1) is 0 Å². The van der Waals surface area contributed by atoms with E-state index in [0.29, 0.717) is 0 Å². The SMILES string of the molecule is Brc1ccc(-c2c3ccccc3c(-c3ccccc3)c3cc(-c4ccc5oc6ccccc6c5c4)ccc23)cn1. The molecule has 0 amide bonds. The van der Waals surface area contributed by atoms with Crippen LogP contribution in [0.25, 0.3) is 76.9 Å². The first-order valence-electron chi connectivity index (χ1n) is 13.3. The molecule has 2 aromatic heterocycles. The minimum atomic E-state index is 0.829. The first-order valence-corrected chi connectivity index (χ1v) is 14.1. The van der Waals surface area contributed by atoms with Crippen molar-refractivity contribution in [3.63, 3.8) is 0 Å². The summed E-state index contributed by atoms with van der Waals surface area (Å²) in [4.78, 5) is 4.57. The maximum atomic E-state index is 6.10. The maximum Gasteiger partial charge on any atom is 0.135 e. The predicted molar refractivity (Wildman–Crippen MR) is 171 cm³/mol. The minimum Gasteiger partial charge on any atom is -0.456 e. The third-order valence-electron chi connectivity index (χ3n) is 7.81. The topological polar surface area (TPSA) is 26.0 Å². The summed E-state index contributed by atoms with van der Waals surface area (Å²) in [6.45, 7) is 0. The third-order valence-corrected chi connectivity index (χ3v) is 8.28. The lowest BCUT2D eigenvalue weighted by molar-refractivity contribution is 0.669. The Bertz CT molecular complexity index is 2210. The molecule has 3 heteroatoms. The Morgan fingerprint density at radius 2 is 1.00 bits per heavy atom. The van der Waals surface area contributed by atoms with E-state index >= 15 is 0 Å². The van der Waals surface area contributed by atoms with E-state index in [1.54, 1.807) is 0 Å². The molecule has 0 spiro atoms. The molecule has 6 aromatic carbocycles. The molecule has 188 valence electrons. The van der Waals surface area contributed by atoms with E-state index < -0.39 is 0 Å². The van der Waals surface area contributed by atoms with Crippen molar-refractivity contribution in [3.05, 3.63) is 138 Å². The molecule has 0 aliphatic heterocycles. The standard InChI is InChI=1S/C37H22BrNO/c38-35-19-16-26(22-39-35)37-29-12-5-4-11-28(29)36(23-8-2-1-3-9-23)32-21-24(14-17-30(32)37)25-15-18-34-31(20-25)27-10-6-7-13-33(27)40-34/h1-22H. The second kappa shape index (κ2) is 9.18. The summed E-state index contributed by atoms with van der Waals surface area (Å²) in [5.41, 5.74) is 8.92. The van der Waals surface area contributed by atoms with E-state index in [1.165, 1.54) is 49.4 Å². The zero-order chi connectivity index (χ0) is 26.6. The molecule has 0 fully saturated rings. The molecule has 8 aromatic rings. The molecular formula is C37H22BrNO. The van der Waals surface area contributed by atoms with Crippen molar-refractivity contribution in [2.45, 2.75) is 0 Å². The molecule has 0 saturated heterocycles. The number of para-hydroxylation sites is 1. The molecule has 2 nitrogen and oxygen atoms in total. The first kappa shape index (κ1) is 23.2. The highest BCUT2D eigenvalue weighted by molar-refractivity contribution is 9.10. The number of fused-ring (bicyclic) bond motifs is 5. The quantitative estimate of drug-likeness (QED) is 0.154. The monoisotopic (exact) mass is 575 g/mol. The van der Waals surface area contributed by atoms with Crippen molar-refractivity contribution < 1.29 is 4.42 Å². The van der Waals surface area contributed by atoms with Gasteiger partial charge in [0.1, 0.15) is 15.8 Å². The van der Waals surface area contributed by atoms with Gasteiger partial charge < -0.3 is 4.42 Å². The van der Waals surface area contributed by atoms with Crippen molar-refractivity contribution in [1.29, 1.82) is 0 Å². The van der Waals surface area contributed by atoms with Crippen LogP contribution in [-0.2, 0) is 0 Å². The summed E-state index contributed by atoms with van der Waals surface area (Å²) < 4.78 is 6.93. The van der Waals surface area contributed by atoms with Gasteiger partial charge in [-0.05, 0) is 95.6 Å². The van der Waals surface area contributed by atoms with Gasteiger partial charge in [0.25, 0.3) is 0 Å². The van der Waals surface area contributed by atoms with E-state index in [1.807, 2.05) is 24.4 Å². The Hall–Kier alpha value is -4.73. The maximum absolute atomic E-state index is 6.10. The summed E-state index contributed by atoms with van der Waals surface area (Å²) in [5.74, 6) is 0. The lowest BCUT2D eigenvalue weighted by atomic mass is 9.85. The van der Waals surface area contributed by atoms with E-state index in [0.717, 1.165) is 32.1 Å². The Balaban J connectivity index is 1.46. The lowest BCUT2D eigenvalue weighted by Gasteiger charge is -2.18. The van der Waals surface area contributed by atoms with Crippen LogP contribution >= 0.6 is 15.9 Å². The van der Waals surface area contributed by atoms with Crippen molar-refractivity contribution >= 4 is 59.4 Å². The van der Waals surface area contributed by atoms with Crippen LogP contribution in [0.2, 0.25) is 0 Å².